The van der Waals surface area contributed by atoms with Crippen LogP contribution in [0, 0.1) is 11.3 Å². The number of hydrogen-bond acceptors (Lipinski definition) is 3. The van der Waals surface area contributed by atoms with Crippen LogP contribution in [0.15, 0.2) is 35.4 Å². The van der Waals surface area contributed by atoms with Gasteiger partial charge in [0.05, 0.1) is 11.1 Å². The van der Waals surface area contributed by atoms with Crippen LogP contribution in [0.2, 0.25) is 0 Å². The van der Waals surface area contributed by atoms with Gasteiger partial charge in [0, 0.05) is 21.2 Å². The Kier molecular flexibility index (Phi) is 3.08. The molecule has 17 heavy (non-hydrogen) atoms. The molecule has 0 saturated heterocycles. The van der Waals surface area contributed by atoms with E-state index in [4.69, 9.17) is 0 Å². The van der Waals surface area contributed by atoms with Crippen molar-refractivity contribution in [2.24, 2.45) is 0 Å². The Bertz CT molecular complexity index is 591. The van der Waals surface area contributed by atoms with Crippen LogP contribution in [0.3, 0.4) is 0 Å². The predicted molar refractivity (Wildman–Crippen MR) is 72.1 cm³/mol. The molecule has 0 fully saturated rings. The SMILES string of the molecule is CC(C)(C)Sc1c(C#N)cnc2ccccc12. The van der Waals surface area contributed by atoms with E-state index in [1.54, 1.807) is 18.0 Å². The summed E-state index contributed by atoms with van der Waals surface area (Å²) in [5.74, 6) is 0. The zero-order valence-corrected chi connectivity index (χ0v) is 11.0. The molecular weight excluding hydrogens is 228 g/mol. The lowest BCUT2D eigenvalue weighted by Gasteiger charge is -2.19. The Hall–Kier alpha value is -1.53. The Labute approximate surface area is 106 Å². The molecule has 0 unspecified atom stereocenters. The number of rotatable bonds is 1. The van der Waals surface area contributed by atoms with Gasteiger partial charge in [-0.3, -0.25) is 4.98 Å². The third-order valence-corrected chi connectivity index (χ3v) is 3.51. The minimum Gasteiger partial charge on any atom is -0.255 e. The first-order valence-corrected chi connectivity index (χ1v) is 6.30. The fourth-order valence-corrected chi connectivity index (χ4v) is 2.72. The van der Waals surface area contributed by atoms with Crippen molar-refractivity contribution in [1.82, 2.24) is 4.98 Å². The molecule has 1 aromatic heterocycles. The van der Waals surface area contributed by atoms with Crippen LogP contribution >= 0.6 is 11.8 Å². The van der Waals surface area contributed by atoms with Crippen LogP contribution in [0.5, 0.6) is 0 Å². The van der Waals surface area contributed by atoms with E-state index in [9.17, 15) is 5.26 Å². The summed E-state index contributed by atoms with van der Waals surface area (Å²) in [5, 5.41) is 10.2. The number of pyridine rings is 1. The smallest absolute Gasteiger partial charge is 0.102 e. The first-order valence-electron chi connectivity index (χ1n) is 5.48. The van der Waals surface area contributed by atoms with E-state index >= 15 is 0 Å². The van der Waals surface area contributed by atoms with E-state index in [2.05, 4.69) is 31.8 Å². The number of thioether (sulfide) groups is 1. The number of fused-ring (bicyclic) bond motifs is 1. The molecule has 1 aromatic carbocycles. The lowest BCUT2D eigenvalue weighted by atomic mass is 10.2. The highest BCUT2D eigenvalue weighted by molar-refractivity contribution is 8.00. The second-order valence-corrected chi connectivity index (χ2v) is 6.68. The van der Waals surface area contributed by atoms with Crippen molar-refractivity contribution in [1.29, 1.82) is 5.26 Å². The van der Waals surface area contributed by atoms with E-state index in [0.29, 0.717) is 5.56 Å². The van der Waals surface area contributed by atoms with Crippen molar-refractivity contribution in [3.05, 3.63) is 36.0 Å². The lowest BCUT2D eigenvalue weighted by Crippen LogP contribution is -2.07. The molecule has 0 aliphatic heterocycles. The summed E-state index contributed by atoms with van der Waals surface area (Å²) in [7, 11) is 0. The highest BCUT2D eigenvalue weighted by atomic mass is 32.2. The highest BCUT2D eigenvalue weighted by Gasteiger charge is 2.17. The summed E-state index contributed by atoms with van der Waals surface area (Å²) >= 11 is 1.72. The van der Waals surface area contributed by atoms with Crippen LogP contribution < -0.4 is 0 Å². The second kappa shape index (κ2) is 4.38. The van der Waals surface area contributed by atoms with Gasteiger partial charge in [-0.15, -0.1) is 11.8 Å². The van der Waals surface area contributed by atoms with Gasteiger partial charge in [-0.1, -0.05) is 39.0 Å². The third-order valence-electron chi connectivity index (χ3n) is 2.25. The van der Waals surface area contributed by atoms with E-state index in [1.807, 2.05) is 24.3 Å². The van der Waals surface area contributed by atoms with Crippen LogP contribution in [0.1, 0.15) is 26.3 Å². The van der Waals surface area contributed by atoms with Gasteiger partial charge in [0.1, 0.15) is 6.07 Å². The molecule has 2 rings (SSSR count). The number of para-hydroxylation sites is 1. The molecule has 2 aromatic rings. The van der Waals surface area contributed by atoms with Gasteiger partial charge < -0.3 is 0 Å². The molecule has 0 spiro atoms. The Morgan fingerprint density at radius 1 is 1.24 bits per heavy atom. The van der Waals surface area contributed by atoms with Gasteiger partial charge >= 0.3 is 0 Å². The number of aromatic nitrogens is 1. The van der Waals surface area contributed by atoms with Crippen molar-refractivity contribution < 1.29 is 0 Å². The second-order valence-electron chi connectivity index (χ2n) is 4.84. The van der Waals surface area contributed by atoms with E-state index < -0.39 is 0 Å². The zero-order chi connectivity index (χ0) is 12.5. The predicted octanol–water partition coefficient (Wildman–Crippen LogP) is 4.00. The average molecular weight is 242 g/mol. The highest BCUT2D eigenvalue weighted by Crippen LogP contribution is 2.37. The summed E-state index contributed by atoms with van der Waals surface area (Å²) in [6, 6.07) is 10.2. The molecule has 3 heteroatoms. The van der Waals surface area contributed by atoms with Gasteiger partial charge in [0.15, 0.2) is 0 Å². The summed E-state index contributed by atoms with van der Waals surface area (Å²) in [4.78, 5) is 5.34. The minimum atomic E-state index is 0.0791. The minimum absolute atomic E-state index is 0.0791. The van der Waals surface area contributed by atoms with Crippen molar-refractivity contribution in [2.75, 3.05) is 0 Å². The molecule has 0 bridgehead atoms. The molecule has 86 valence electrons. The van der Waals surface area contributed by atoms with Crippen molar-refractivity contribution in [3.8, 4) is 6.07 Å². The third kappa shape index (κ3) is 2.59. The topological polar surface area (TPSA) is 36.7 Å². The molecule has 0 aliphatic carbocycles. The number of nitrogens with zero attached hydrogens (tertiary/aromatic N) is 2. The standard InChI is InChI=1S/C14H14N2S/c1-14(2,3)17-13-10(8-15)9-16-12-7-5-4-6-11(12)13/h4-7,9H,1-3H3. The monoisotopic (exact) mass is 242 g/mol. The van der Waals surface area contributed by atoms with Gasteiger partial charge in [0.2, 0.25) is 0 Å². The molecule has 0 radical (unpaired) electrons. The lowest BCUT2D eigenvalue weighted by molar-refractivity contribution is 0.803. The zero-order valence-electron chi connectivity index (χ0n) is 10.2. The first-order chi connectivity index (χ1) is 8.01. The number of hydrogen-bond donors (Lipinski definition) is 0. The number of benzene rings is 1. The van der Waals surface area contributed by atoms with Crippen LogP contribution in [0.4, 0.5) is 0 Å². The molecule has 0 N–H and O–H groups in total. The fourth-order valence-electron chi connectivity index (χ4n) is 1.61. The van der Waals surface area contributed by atoms with Crippen LogP contribution in [0.25, 0.3) is 10.9 Å². The van der Waals surface area contributed by atoms with Crippen molar-refractivity contribution >= 4 is 22.7 Å². The first kappa shape index (κ1) is 11.9. The van der Waals surface area contributed by atoms with E-state index in [0.717, 1.165) is 15.8 Å². The van der Waals surface area contributed by atoms with Gasteiger partial charge in [-0.2, -0.15) is 5.26 Å². The molecule has 0 aliphatic rings. The summed E-state index contributed by atoms with van der Waals surface area (Å²) < 4.78 is 0.0791. The maximum atomic E-state index is 9.17. The largest absolute Gasteiger partial charge is 0.255 e. The summed E-state index contributed by atoms with van der Waals surface area (Å²) in [5.41, 5.74) is 1.60. The molecule has 1 heterocycles. The molecule has 0 atom stereocenters. The molecule has 0 saturated carbocycles. The fraction of sp³-hybridized carbons (Fsp3) is 0.286. The number of nitriles is 1. The van der Waals surface area contributed by atoms with Gasteiger partial charge in [0.25, 0.3) is 0 Å². The molecule has 2 nitrogen and oxygen atoms in total. The van der Waals surface area contributed by atoms with Gasteiger partial charge in [-0.25, -0.2) is 0 Å². The average Bonchev–Trinajstić information content (AvgIpc) is 2.28. The van der Waals surface area contributed by atoms with Crippen LogP contribution in [-0.4, -0.2) is 9.73 Å². The van der Waals surface area contributed by atoms with Crippen molar-refractivity contribution in [3.63, 3.8) is 0 Å². The van der Waals surface area contributed by atoms with Gasteiger partial charge in [-0.05, 0) is 6.07 Å². The summed E-state index contributed by atoms with van der Waals surface area (Å²) in [6.45, 7) is 6.44. The Morgan fingerprint density at radius 3 is 2.59 bits per heavy atom. The van der Waals surface area contributed by atoms with Crippen LogP contribution in [-0.2, 0) is 0 Å². The van der Waals surface area contributed by atoms with E-state index in [-0.39, 0.29) is 4.75 Å². The molecular formula is C14H14N2S. The quantitative estimate of drug-likeness (QED) is 0.709. The maximum Gasteiger partial charge on any atom is 0.102 e. The van der Waals surface area contributed by atoms with Crippen molar-refractivity contribution in [2.45, 2.75) is 30.4 Å². The Balaban J connectivity index is 2.68. The summed E-state index contributed by atoms with van der Waals surface area (Å²) in [6.07, 6.45) is 1.66. The van der Waals surface area contributed by atoms with E-state index in [1.165, 1.54) is 0 Å². The molecule has 0 amide bonds. The Morgan fingerprint density at radius 2 is 1.94 bits per heavy atom. The maximum absolute atomic E-state index is 9.17. The normalized spacial score (nSPS) is 11.4.